The van der Waals surface area contributed by atoms with Crippen molar-refractivity contribution >= 4 is 0 Å². The Bertz CT molecular complexity index is 343. The minimum atomic E-state index is 0.228. The van der Waals surface area contributed by atoms with Gasteiger partial charge in [0.2, 0.25) is 0 Å². The molecule has 1 N–H and O–H groups in total. The molecule has 1 aliphatic heterocycles. The van der Waals surface area contributed by atoms with Gasteiger partial charge in [0.1, 0.15) is 12.4 Å². The van der Waals surface area contributed by atoms with E-state index in [1.165, 1.54) is 5.56 Å². The molecule has 0 aliphatic carbocycles. The van der Waals surface area contributed by atoms with Gasteiger partial charge in [-0.2, -0.15) is 0 Å². The second kappa shape index (κ2) is 6.92. The molecule has 1 aromatic rings. The van der Waals surface area contributed by atoms with Crippen LogP contribution in [0.3, 0.4) is 0 Å². The monoisotopic (exact) mass is 253 g/mol. The molecule has 1 aliphatic rings. The maximum atomic E-state index is 5.77. The van der Waals surface area contributed by atoms with Crippen LogP contribution in [0, 0.1) is 5.92 Å². The number of ether oxygens (including phenoxy) is 2. The zero-order valence-electron chi connectivity index (χ0n) is 11.3. The highest BCUT2D eigenvalue weighted by Gasteiger charge is 2.17. The van der Waals surface area contributed by atoms with Gasteiger partial charge in [-0.3, -0.25) is 0 Å². The fourth-order valence-electron chi connectivity index (χ4n) is 1.98. The van der Waals surface area contributed by atoms with Crippen molar-refractivity contribution in [1.82, 2.24) is 5.32 Å². The second-order valence-electron chi connectivity index (χ2n) is 5.19. The molecule has 4 heteroatoms. The molecular weight excluding hydrogens is 230 g/mol. The first-order chi connectivity index (χ1) is 8.75. The zero-order valence-corrected chi connectivity index (χ0v) is 11.3. The minimum Gasteiger partial charge on any atom is -0.467 e. The molecule has 1 aromatic heterocycles. The summed E-state index contributed by atoms with van der Waals surface area (Å²) < 4.78 is 16.5. The fourth-order valence-corrected chi connectivity index (χ4v) is 1.98. The molecule has 0 bridgehead atoms. The highest BCUT2D eigenvalue weighted by molar-refractivity contribution is 5.16. The van der Waals surface area contributed by atoms with Crippen LogP contribution in [0.4, 0.5) is 0 Å². The van der Waals surface area contributed by atoms with Gasteiger partial charge in [0.05, 0.1) is 19.0 Å². The van der Waals surface area contributed by atoms with Crippen LogP contribution in [0.1, 0.15) is 31.6 Å². The minimum absolute atomic E-state index is 0.228. The molecule has 1 fully saturated rings. The third kappa shape index (κ3) is 4.12. The van der Waals surface area contributed by atoms with Crippen molar-refractivity contribution in [2.45, 2.75) is 39.5 Å². The van der Waals surface area contributed by atoms with E-state index in [1.54, 1.807) is 6.26 Å². The first kappa shape index (κ1) is 13.6. The van der Waals surface area contributed by atoms with E-state index in [0.29, 0.717) is 19.1 Å². The van der Waals surface area contributed by atoms with Gasteiger partial charge in [0.15, 0.2) is 0 Å². The summed E-state index contributed by atoms with van der Waals surface area (Å²) in [4.78, 5) is 0. The highest BCUT2D eigenvalue weighted by atomic mass is 16.5. The molecule has 102 valence electrons. The van der Waals surface area contributed by atoms with Crippen molar-refractivity contribution in [2.24, 2.45) is 5.92 Å². The summed E-state index contributed by atoms with van der Waals surface area (Å²) >= 11 is 0. The van der Waals surface area contributed by atoms with Gasteiger partial charge in [-0.1, -0.05) is 13.8 Å². The summed E-state index contributed by atoms with van der Waals surface area (Å²) in [6, 6.07) is 2.01. The Labute approximate surface area is 109 Å². The molecule has 0 aromatic carbocycles. The summed E-state index contributed by atoms with van der Waals surface area (Å²) in [5.74, 6) is 1.59. The number of furan rings is 1. The molecule has 0 radical (unpaired) electrons. The van der Waals surface area contributed by atoms with Crippen molar-refractivity contribution in [3.8, 4) is 0 Å². The van der Waals surface area contributed by atoms with Crippen molar-refractivity contribution in [3.63, 3.8) is 0 Å². The fraction of sp³-hybridized carbons (Fsp3) is 0.714. The van der Waals surface area contributed by atoms with E-state index in [0.717, 1.165) is 31.9 Å². The van der Waals surface area contributed by atoms with E-state index in [2.05, 4.69) is 19.2 Å². The van der Waals surface area contributed by atoms with Gasteiger partial charge >= 0.3 is 0 Å². The Morgan fingerprint density at radius 2 is 2.39 bits per heavy atom. The average molecular weight is 253 g/mol. The van der Waals surface area contributed by atoms with E-state index in [-0.39, 0.29) is 6.10 Å². The number of hydrogen-bond acceptors (Lipinski definition) is 4. The normalized spacial score (nSPS) is 19.8. The summed E-state index contributed by atoms with van der Waals surface area (Å²) in [5, 5.41) is 3.42. The Morgan fingerprint density at radius 3 is 3.11 bits per heavy atom. The summed E-state index contributed by atoms with van der Waals surface area (Å²) in [7, 11) is 0. The molecular formula is C14H23NO3. The summed E-state index contributed by atoms with van der Waals surface area (Å²) in [6.45, 7) is 8.32. The largest absolute Gasteiger partial charge is 0.467 e. The lowest BCUT2D eigenvalue weighted by Gasteiger charge is -2.10. The first-order valence-corrected chi connectivity index (χ1v) is 6.71. The van der Waals surface area contributed by atoms with Crippen LogP contribution in [0.2, 0.25) is 0 Å². The van der Waals surface area contributed by atoms with E-state index in [4.69, 9.17) is 13.9 Å². The summed E-state index contributed by atoms with van der Waals surface area (Å²) in [6.07, 6.45) is 2.95. The Morgan fingerprint density at radius 1 is 1.50 bits per heavy atom. The van der Waals surface area contributed by atoms with E-state index >= 15 is 0 Å². The van der Waals surface area contributed by atoms with Gasteiger partial charge in [-0.05, 0) is 24.9 Å². The van der Waals surface area contributed by atoms with Crippen LogP contribution >= 0.6 is 0 Å². The smallest absolute Gasteiger partial charge is 0.133 e. The van der Waals surface area contributed by atoms with E-state index in [1.807, 2.05) is 6.07 Å². The Balaban J connectivity index is 1.75. The number of hydrogen-bond donors (Lipinski definition) is 1. The van der Waals surface area contributed by atoms with Crippen molar-refractivity contribution < 1.29 is 13.9 Å². The van der Waals surface area contributed by atoms with Crippen LogP contribution < -0.4 is 5.32 Å². The lowest BCUT2D eigenvalue weighted by Crippen LogP contribution is -2.19. The Kier molecular flexibility index (Phi) is 5.23. The lowest BCUT2D eigenvalue weighted by atomic mass is 10.2. The molecule has 4 nitrogen and oxygen atoms in total. The van der Waals surface area contributed by atoms with Crippen LogP contribution in [-0.4, -0.2) is 25.9 Å². The first-order valence-electron chi connectivity index (χ1n) is 6.71. The van der Waals surface area contributed by atoms with Crippen LogP contribution in [0.5, 0.6) is 0 Å². The van der Waals surface area contributed by atoms with E-state index in [9.17, 15) is 0 Å². The van der Waals surface area contributed by atoms with Crippen molar-refractivity contribution in [1.29, 1.82) is 0 Å². The summed E-state index contributed by atoms with van der Waals surface area (Å²) in [5.41, 5.74) is 1.19. The highest BCUT2D eigenvalue weighted by Crippen LogP contribution is 2.15. The quantitative estimate of drug-likeness (QED) is 0.810. The topological polar surface area (TPSA) is 43.6 Å². The molecule has 0 spiro atoms. The molecule has 2 heterocycles. The van der Waals surface area contributed by atoms with E-state index < -0.39 is 0 Å². The second-order valence-corrected chi connectivity index (χ2v) is 5.19. The predicted octanol–water partition coefficient (Wildman–Crippen LogP) is 2.33. The molecule has 1 saturated heterocycles. The molecule has 1 unspecified atom stereocenters. The number of rotatable bonds is 7. The average Bonchev–Trinajstić information content (AvgIpc) is 2.96. The van der Waals surface area contributed by atoms with Gasteiger partial charge < -0.3 is 19.2 Å². The molecule has 2 rings (SSSR count). The molecule has 0 amide bonds. The van der Waals surface area contributed by atoms with Gasteiger partial charge in [0, 0.05) is 18.7 Å². The predicted molar refractivity (Wildman–Crippen MR) is 69.3 cm³/mol. The third-order valence-corrected chi connectivity index (χ3v) is 3.04. The van der Waals surface area contributed by atoms with Gasteiger partial charge in [-0.15, -0.1) is 0 Å². The Hall–Kier alpha value is -0.840. The molecule has 0 saturated carbocycles. The lowest BCUT2D eigenvalue weighted by molar-refractivity contribution is 0.0230. The zero-order chi connectivity index (χ0) is 12.8. The van der Waals surface area contributed by atoms with Crippen LogP contribution in [0.25, 0.3) is 0 Å². The molecule has 1 atom stereocenters. The maximum Gasteiger partial charge on any atom is 0.133 e. The molecule has 18 heavy (non-hydrogen) atoms. The SMILES string of the molecule is CC(C)CNCc1ccoc1COC1CCOC1. The van der Waals surface area contributed by atoms with Crippen molar-refractivity contribution in [3.05, 3.63) is 23.7 Å². The van der Waals surface area contributed by atoms with Crippen LogP contribution in [-0.2, 0) is 22.6 Å². The van der Waals surface area contributed by atoms with Gasteiger partial charge in [0.25, 0.3) is 0 Å². The van der Waals surface area contributed by atoms with Crippen molar-refractivity contribution in [2.75, 3.05) is 19.8 Å². The third-order valence-electron chi connectivity index (χ3n) is 3.04. The van der Waals surface area contributed by atoms with Crippen LogP contribution in [0.15, 0.2) is 16.7 Å². The standard InChI is InChI=1S/C14H23NO3/c1-11(2)7-15-8-12-3-6-17-14(12)10-18-13-4-5-16-9-13/h3,6,11,13,15H,4-5,7-10H2,1-2H3. The maximum absolute atomic E-state index is 5.77. The van der Waals surface area contributed by atoms with Gasteiger partial charge in [-0.25, -0.2) is 0 Å². The number of nitrogens with one attached hydrogen (secondary N) is 1.